The van der Waals surface area contributed by atoms with Crippen LogP contribution in [-0.4, -0.2) is 9.97 Å². The third-order valence-corrected chi connectivity index (χ3v) is 2.66. The van der Waals surface area contributed by atoms with E-state index in [1.807, 2.05) is 26.8 Å². The van der Waals surface area contributed by atoms with E-state index >= 15 is 0 Å². The van der Waals surface area contributed by atoms with Crippen LogP contribution in [-0.2, 0) is 0 Å². The summed E-state index contributed by atoms with van der Waals surface area (Å²) >= 11 is 0. The van der Waals surface area contributed by atoms with E-state index in [-0.39, 0.29) is 11.7 Å². The number of hydrogen-bond acceptors (Lipinski definition) is 3. The van der Waals surface area contributed by atoms with Crippen LogP contribution in [0.15, 0.2) is 24.3 Å². The number of hydrogen-bond donors (Lipinski definition) is 1. The van der Waals surface area contributed by atoms with Crippen molar-refractivity contribution in [1.82, 2.24) is 9.97 Å². The van der Waals surface area contributed by atoms with Gasteiger partial charge in [-0.05, 0) is 36.6 Å². The van der Waals surface area contributed by atoms with Gasteiger partial charge in [-0.1, -0.05) is 13.8 Å². The molecule has 0 aliphatic carbocycles. The van der Waals surface area contributed by atoms with Crippen molar-refractivity contribution in [2.45, 2.75) is 26.7 Å². The van der Waals surface area contributed by atoms with Gasteiger partial charge in [0.2, 0.25) is 0 Å². The first-order chi connectivity index (χ1) is 8.45. The van der Waals surface area contributed by atoms with E-state index in [1.165, 1.54) is 12.1 Å². The van der Waals surface area contributed by atoms with Crippen LogP contribution in [0.3, 0.4) is 0 Å². The van der Waals surface area contributed by atoms with Crippen LogP contribution < -0.4 is 5.73 Å². The largest absolute Gasteiger partial charge is 0.384 e. The van der Waals surface area contributed by atoms with Crippen LogP contribution in [0, 0.1) is 12.7 Å². The highest BCUT2D eigenvalue weighted by Crippen LogP contribution is 2.22. The molecular weight excluding hydrogens is 229 g/mol. The Labute approximate surface area is 106 Å². The Morgan fingerprint density at radius 1 is 1.11 bits per heavy atom. The Kier molecular flexibility index (Phi) is 3.28. The third-order valence-electron chi connectivity index (χ3n) is 2.66. The SMILES string of the molecule is Cc1cc(F)cc(-c2nc(N)cc(C(C)C)n2)c1. The summed E-state index contributed by atoms with van der Waals surface area (Å²) in [6.07, 6.45) is 0. The quantitative estimate of drug-likeness (QED) is 0.883. The molecule has 2 rings (SSSR count). The minimum Gasteiger partial charge on any atom is -0.384 e. The normalized spacial score (nSPS) is 10.9. The molecule has 0 bridgehead atoms. The van der Waals surface area contributed by atoms with Crippen LogP contribution in [0.2, 0.25) is 0 Å². The maximum absolute atomic E-state index is 13.4. The molecular formula is C14H16FN3. The predicted molar refractivity (Wildman–Crippen MR) is 70.7 cm³/mol. The summed E-state index contributed by atoms with van der Waals surface area (Å²) in [6.45, 7) is 5.90. The van der Waals surface area contributed by atoms with Crippen LogP contribution in [0.5, 0.6) is 0 Å². The number of halogens is 1. The van der Waals surface area contributed by atoms with Crippen LogP contribution in [0.25, 0.3) is 11.4 Å². The van der Waals surface area contributed by atoms with E-state index in [2.05, 4.69) is 9.97 Å². The van der Waals surface area contributed by atoms with Crippen molar-refractivity contribution in [3.05, 3.63) is 41.3 Å². The molecule has 0 radical (unpaired) electrons. The Hall–Kier alpha value is -1.97. The molecule has 0 spiro atoms. The van der Waals surface area contributed by atoms with Crippen LogP contribution >= 0.6 is 0 Å². The lowest BCUT2D eigenvalue weighted by atomic mass is 10.1. The number of nitrogens with two attached hydrogens (primary N) is 1. The van der Waals surface area contributed by atoms with Crippen LogP contribution in [0.4, 0.5) is 10.2 Å². The Morgan fingerprint density at radius 2 is 1.83 bits per heavy atom. The monoisotopic (exact) mass is 245 g/mol. The molecule has 0 aliphatic rings. The molecule has 0 saturated carbocycles. The summed E-state index contributed by atoms with van der Waals surface area (Å²) in [4.78, 5) is 8.60. The zero-order valence-corrected chi connectivity index (χ0v) is 10.7. The Balaban J connectivity index is 2.56. The van der Waals surface area contributed by atoms with Gasteiger partial charge in [0.15, 0.2) is 5.82 Å². The number of anilines is 1. The third kappa shape index (κ3) is 2.64. The first kappa shape index (κ1) is 12.5. The summed E-state index contributed by atoms with van der Waals surface area (Å²) in [5.41, 5.74) is 8.12. The number of aromatic nitrogens is 2. The van der Waals surface area contributed by atoms with Gasteiger partial charge in [0.1, 0.15) is 11.6 Å². The van der Waals surface area contributed by atoms with Crippen molar-refractivity contribution >= 4 is 5.82 Å². The maximum atomic E-state index is 13.4. The van der Waals surface area contributed by atoms with E-state index in [1.54, 1.807) is 6.07 Å². The second-order valence-electron chi connectivity index (χ2n) is 4.71. The Morgan fingerprint density at radius 3 is 2.44 bits per heavy atom. The molecule has 3 nitrogen and oxygen atoms in total. The number of benzene rings is 1. The molecule has 0 aliphatic heterocycles. The summed E-state index contributed by atoms with van der Waals surface area (Å²) in [5.74, 6) is 0.845. The van der Waals surface area contributed by atoms with Gasteiger partial charge in [0, 0.05) is 17.3 Å². The molecule has 2 N–H and O–H groups in total. The van der Waals surface area contributed by atoms with E-state index in [4.69, 9.17) is 5.73 Å². The van der Waals surface area contributed by atoms with Gasteiger partial charge < -0.3 is 5.73 Å². The molecule has 0 amide bonds. The fourth-order valence-corrected chi connectivity index (χ4v) is 1.78. The second kappa shape index (κ2) is 4.72. The van der Waals surface area contributed by atoms with Gasteiger partial charge in [0.05, 0.1) is 0 Å². The van der Waals surface area contributed by atoms with E-state index in [0.717, 1.165) is 11.3 Å². The average molecular weight is 245 g/mol. The van der Waals surface area contributed by atoms with Gasteiger partial charge in [-0.25, -0.2) is 14.4 Å². The average Bonchev–Trinajstić information content (AvgIpc) is 2.26. The molecule has 1 heterocycles. The van der Waals surface area contributed by atoms with Gasteiger partial charge in [0.25, 0.3) is 0 Å². The minimum absolute atomic E-state index is 0.253. The lowest BCUT2D eigenvalue weighted by Gasteiger charge is -2.09. The standard InChI is InChI=1S/C14H16FN3/c1-8(2)12-7-13(16)18-14(17-12)10-4-9(3)5-11(15)6-10/h4-8H,1-3H3,(H2,16,17,18). The summed E-state index contributed by atoms with van der Waals surface area (Å²) in [7, 11) is 0. The van der Waals surface area contributed by atoms with Gasteiger partial charge in [-0.3, -0.25) is 0 Å². The van der Waals surface area contributed by atoms with Crippen molar-refractivity contribution in [2.24, 2.45) is 0 Å². The molecule has 0 saturated heterocycles. The van der Waals surface area contributed by atoms with Crippen molar-refractivity contribution in [2.75, 3.05) is 5.73 Å². The van der Waals surface area contributed by atoms with Crippen molar-refractivity contribution in [1.29, 1.82) is 0 Å². The molecule has 0 unspecified atom stereocenters. The molecule has 94 valence electrons. The van der Waals surface area contributed by atoms with Crippen molar-refractivity contribution in [3.8, 4) is 11.4 Å². The lowest BCUT2D eigenvalue weighted by Crippen LogP contribution is -2.02. The van der Waals surface area contributed by atoms with Gasteiger partial charge in [-0.2, -0.15) is 0 Å². The molecule has 0 atom stereocenters. The highest BCUT2D eigenvalue weighted by Gasteiger charge is 2.09. The number of rotatable bonds is 2. The first-order valence-electron chi connectivity index (χ1n) is 5.87. The van der Waals surface area contributed by atoms with Gasteiger partial charge >= 0.3 is 0 Å². The zero-order chi connectivity index (χ0) is 13.3. The summed E-state index contributed by atoms with van der Waals surface area (Å²) in [6, 6.07) is 6.49. The highest BCUT2D eigenvalue weighted by atomic mass is 19.1. The molecule has 2 aromatic rings. The van der Waals surface area contributed by atoms with Crippen molar-refractivity contribution in [3.63, 3.8) is 0 Å². The number of nitrogen functional groups attached to an aromatic ring is 1. The van der Waals surface area contributed by atoms with E-state index in [9.17, 15) is 4.39 Å². The summed E-state index contributed by atoms with van der Waals surface area (Å²) < 4.78 is 13.4. The van der Waals surface area contributed by atoms with E-state index < -0.39 is 0 Å². The maximum Gasteiger partial charge on any atom is 0.161 e. The second-order valence-corrected chi connectivity index (χ2v) is 4.71. The zero-order valence-electron chi connectivity index (χ0n) is 10.7. The van der Waals surface area contributed by atoms with Crippen molar-refractivity contribution < 1.29 is 4.39 Å². The fraction of sp³-hybridized carbons (Fsp3) is 0.286. The molecule has 1 aromatic heterocycles. The van der Waals surface area contributed by atoms with E-state index in [0.29, 0.717) is 17.2 Å². The van der Waals surface area contributed by atoms with Crippen LogP contribution in [0.1, 0.15) is 31.0 Å². The Bertz CT molecular complexity index is 559. The fourth-order valence-electron chi connectivity index (χ4n) is 1.78. The number of aryl methyl sites for hydroxylation is 1. The summed E-state index contributed by atoms with van der Waals surface area (Å²) in [5, 5.41) is 0. The number of nitrogens with zero attached hydrogens (tertiary/aromatic N) is 2. The molecule has 18 heavy (non-hydrogen) atoms. The minimum atomic E-state index is -0.290. The smallest absolute Gasteiger partial charge is 0.161 e. The topological polar surface area (TPSA) is 51.8 Å². The molecule has 4 heteroatoms. The molecule has 1 aromatic carbocycles. The highest BCUT2D eigenvalue weighted by molar-refractivity contribution is 5.58. The molecule has 0 fully saturated rings. The predicted octanol–water partition coefficient (Wildman–Crippen LogP) is 3.30. The first-order valence-corrected chi connectivity index (χ1v) is 5.87. The van der Waals surface area contributed by atoms with Gasteiger partial charge in [-0.15, -0.1) is 0 Å². The lowest BCUT2D eigenvalue weighted by molar-refractivity contribution is 0.627.